The summed E-state index contributed by atoms with van der Waals surface area (Å²) >= 11 is 0. The molecule has 1 aliphatic carbocycles. The molecule has 10 rings (SSSR count). The molecular weight excluding hydrogens is 641 g/mol. The van der Waals surface area contributed by atoms with E-state index in [0.717, 1.165) is 54.6 Å². The van der Waals surface area contributed by atoms with E-state index in [9.17, 15) is 0 Å². The molecular formula is C51H38N2. The van der Waals surface area contributed by atoms with Crippen LogP contribution in [0.15, 0.2) is 194 Å². The maximum absolute atomic E-state index is 9.10. The van der Waals surface area contributed by atoms with E-state index in [2.05, 4.69) is 62.4 Å². The molecule has 2 nitrogen and oxygen atoms in total. The number of para-hydroxylation sites is 4. The predicted octanol–water partition coefficient (Wildman–Crippen LogP) is 14.4. The summed E-state index contributed by atoms with van der Waals surface area (Å²) in [5, 5.41) is 5.71. The molecule has 0 aliphatic heterocycles. The van der Waals surface area contributed by atoms with Crippen LogP contribution in [0, 0.1) is 0 Å². The van der Waals surface area contributed by atoms with Crippen molar-refractivity contribution < 1.29 is 13.7 Å². The van der Waals surface area contributed by atoms with Crippen molar-refractivity contribution in [1.82, 2.24) is 0 Å². The lowest BCUT2D eigenvalue weighted by Crippen LogP contribution is -2.24. The van der Waals surface area contributed by atoms with Crippen molar-refractivity contribution in [2.24, 2.45) is 0 Å². The molecule has 0 fully saturated rings. The number of nitrogens with zero attached hydrogens (tertiary/aromatic N) is 2. The van der Waals surface area contributed by atoms with Crippen molar-refractivity contribution in [2.45, 2.75) is 19.3 Å². The Bertz CT molecular complexity index is 3330. The highest BCUT2D eigenvalue weighted by Crippen LogP contribution is 2.53. The number of rotatable bonds is 6. The molecule has 0 unspecified atom stereocenters. The second kappa shape index (κ2) is 12.3. The third-order valence-electron chi connectivity index (χ3n) is 10.6. The zero-order chi connectivity index (χ0) is 44.2. The lowest BCUT2D eigenvalue weighted by Gasteiger charge is -2.37. The number of hydrogen-bond acceptors (Lipinski definition) is 2. The Balaban J connectivity index is 1.26. The van der Waals surface area contributed by atoms with Crippen LogP contribution in [0.4, 0.5) is 34.1 Å². The fourth-order valence-corrected chi connectivity index (χ4v) is 8.19. The summed E-state index contributed by atoms with van der Waals surface area (Å²) in [5.74, 6) is 0. The Morgan fingerprint density at radius 3 is 1.64 bits per heavy atom. The quantitative estimate of drug-likeness (QED) is 0.160. The molecule has 9 aromatic rings. The van der Waals surface area contributed by atoms with Gasteiger partial charge in [0.05, 0.1) is 19.4 Å². The normalized spacial score (nSPS) is 15.5. The fourth-order valence-electron chi connectivity index (χ4n) is 8.19. The summed E-state index contributed by atoms with van der Waals surface area (Å²) in [6.07, 6.45) is 0. The number of fused-ring (bicyclic) bond motifs is 6. The van der Waals surface area contributed by atoms with Crippen molar-refractivity contribution in [3.63, 3.8) is 0 Å². The minimum atomic E-state index is -0.573. The molecule has 0 saturated carbocycles. The molecule has 0 radical (unpaired) electrons. The van der Waals surface area contributed by atoms with E-state index in [1.807, 2.05) is 84.9 Å². The van der Waals surface area contributed by atoms with E-state index < -0.39 is 41.7 Å². The Kier molecular flexibility index (Phi) is 5.16. The van der Waals surface area contributed by atoms with Gasteiger partial charge in [-0.1, -0.05) is 135 Å². The van der Waals surface area contributed by atoms with Crippen molar-refractivity contribution >= 4 is 66.4 Å². The van der Waals surface area contributed by atoms with Gasteiger partial charge in [-0.25, -0.2) is 0 Å². The molecule has 0 atom stereocenters. The largest absolute Gasteiger partial charge is 0.310 e. The van der Waals surface area contributed by atoms with Gasteiger partial charge in [0.15, 0.2) is 0 Å². The summed E-state index contributed by atoms with van der Waals surface area (Å²) in [7, 11) is 0. The van der Waals surface area contributed by atoms with Crippen LogP contribution < -0.4 is 9.80 Å². The molecule has 2 heteroatoms. The van der Waals surface area contributed by atoms with E-state index in [4.69, 9.17) is 13.7 Å². The highest BCUT2D eigenvalue weighted by molar-refractivity contribution is 6.25. The maximum Gasteiger partial charge on any atom is 0.0645 e. The zero-order valence-electron chi connectivity index (χ0n) is 39.1. The fraction of sp³-hybridized carbons (Fsp3) is 0.0588. The predicted molar refractivity (Wildman–Crippen MR) is 226 cm³/mol. The molecule has 0 heterocycles. The van der Waals surface area contributed by atoms with E-state index in [1.165, 1.54) is 0 Å². The van der Waals surface area contributed by atoms with Gasteiger partial charge in [-0.05, 0) is 122 Å². The summed E-state index contributed by atoms with van der Waals surface area (Å²) in [4.78, 5) is 3.53. The smallest absolute Gasteiger partial charge is 0.0645 e. The summed E-state index contributed by atoms with van der Waals surface area (Å²) < 4.78 is 87.1. The molecule has 9 aromatic carbocycles. The summed E-state index contributed by atoms with van der Waals surface area (Å²) in [6, 6.07) is 39.7. The summed E-state index contributed by atoms with van der Waals surface area (Å²) in [6.45, 7) is 4.35. The lowest BCUT2D eigenvalue weighted by molar-refractivity contribution is 0.645. The van der Waals surface area contributed by atoms with Gasteiger partial charge in [0.2, 0.25) is 0 Å². The van der Waals surface area contributed by atoms with Gasteiger partial charge in [0, 0.05) is 39.2 Å². The molecule has 0 bridgehead atoms. The van der Waals surface area contributed by atoms with Crippen LogP contribution in [0.5, 0.6) is 0 Å². The highest BCUT2D eigenvalue weighted by atomic mass is 15.1. The third-order valence-corrected chi connectivity index (χ3v) is 10.6. The van der Waals surface area contributed by atoms with Gasteiger partial charge >= 0.3 is 0 Å². The topological polar surface area (TPSA) is 6.48 Å². The molecule has 0 amide bonds. The van der Waals surface area contributed by atoms with Crippen LogP contribution in [0.2, 0.25) is 0 Å². The molecule has 0 N–H and O–H groups in total. The van der Waals surface area contributed by atoms with Gasteiger partial charge in [-0.15, -0.1) is 0 Å². The van der Waals surface area contributed by atoms with Gasteiger partial charge in [-0.2, -0.15) is 0 Å². The number of anilines is 6. The Labute approximate surface area is 324 Å². The first-order valence-corrected chi connectivity index (χ1v) is 17.6. The van der Waals surface area contributed by atoms with Crippen LogP contribution >= 0.6 is 0 Å². The molecule has 0 saturated heterocycles. The minimum absolute atomic E-state index is 0.0541. The van der Waals surface area contributed by atoms with Crippen LogP contribution in [0.3, 0.4) is 0 Å². The van der Waals surface area contributed by atoms with Gasteiger partial charge < -0.3 is 9.80 Å². The average Bonchev–Trinajstić information content (AvgIpc) is 3.31. The second-order valence-electron chi connectivity index (χ2n) is 13.8. The Hall–Kier alpha value is -6.64. The molecule has 53 heavy (non-hydrogen) atoms. The number of hydrogen-bond donors (Lipinski definition) is 0. The van der Waals surface area contributed by atoms with Crippen LogP contribution in [0.25, 0.3) is 43.4 Å². The Morgan fingerprint density at radius 2 is 0.962 bits per heavy atom. The summed E-state index contributed by atoms with van der Waals surface area (Å²) in [5.41, 5.74) is 6.24. The average molecular weight is 689 g/mol. The van der Waals surface area contributed by atoms with Gasteiger partial charge in [-0.3, -0.25) is 0 Å². The van der Waals surface area contributed by atoms with E-state index >= 15 is 0 Å². The maximum atomic E-state index is 9.10. The van der Waals surface area contributed by atoms with E-state index in [-0.39, 0.29) is 35.5 Å². The molecule has 0 spiro atoms. The van der Waals surface area contributed by atoms with E-state index in [1.54, 1.807) is 9.80 Å². The molecule has 0 aromatic heterocycles. The van der Waals surface area contributed by atoms with Crippen LogP contribution in [-0.4, -0.2) is 0 Å². The first kappa shape index (κ1) is 22.3. The first-order valence-electron chi connectivity index (χ1n) is 22.6. The molecule has 252 valence electrons. The molecule has 1 aliphatic rings. The van der Waals surface area contributed by atoms with E-state index in [0.29, 0.717) is 22.7 Å². The second-order valence-corrected chi connectivity index (χ2v) is 13.8. The van der Waals surface area contributed by atoms with Crippen molar-refractivity contribution in [2.75, 3.05) is 9.80 Å². The van der Waals surface area contributed by atoms with Crippen molar-refractivity contribution in [3.8, 4) is 11.1 Å². The monoisotopic (exact) mass is 688 g/mol. The zero-order valence-corrected chi connectivity index (χ0v) is 29.1. The first-order chi connectivity index (χ1) is 30.2. The Morgan fingerprint density at radius 1 is 0.396 bits per heavy atom. The van der Waals surface area contributed by atoms with Crippen LogP contribution in [-0.2, 0) is 5.41 Å². The van der Waals surface area contributed by atoms with Crippen LogP contribution in [0.1, 0.15) is 38.7 Å². The third kappa shape index (κ3) is 4.94. The lowest BCUT2D eigenvalue weighted by atomic mass is 9.68. The van der Waals surface area contributed by atoms with Crippen molar-refractivity contribution in [3.05, 3.63) is 205 Å². The number of benzene rings is 9. The van der Waals surface area contributed by atoms with Gasteiger partial charge in [0.1, 0.15) is 0 Å². The highest BCUT2D eigenvalue weighted by Gasteiger charge is 2.35. The standard InChI is InChI=1S/C51H38N2/c1-51(2)47-29-17-28-43-45-34-49(53(37-22-11-5-12-23-37)38-24-13-6-14-25-38)42-27-16-15-26-40(42)44(45)33-46(50(43)47)41-31-30-39(32-48(41)51)52(35-18-7-3-8-19-35)36-20-9-4-10-21-36/h3-34H,1-2H3/i3D,5D,7D,8D,11D,12D,18D,19D,22D,23D. The SMILES string of the molecule is [2H]c1c([2H])c([2H])c(N(c2ccccc2)c2ccc3c(c2)C(C)(C)c2cccc4c2c-3cc2c3ccccc3c(N(c3ccccc3)c3c([2H])c([2H])c([2H])c([2H])c3[2H])cc42)c([2H])c1[2H]. The van der Waals surface area contributed by atoms with Gasteiger partial charge in [0.25, 0.3) is 0 Å². The minimum Gasteiger partial charge on any atom is -0.310 e. The van der Waals surface area contributed by atoms with Crippen molar-refractivity contribution in [1.29, 1.82) is 0 Å².